The molecule has 0 spiro atoms. The van der Waals surface area contributed by atoms with Gasteiger partial charge in [0.05, 0.1) is 49.2 Å². The van der Waals surface area contributed by atoms with Crippen molar-refractivity contribution < 1.29 is 123 Å². The standard InChI is InChI=1S/C24H38N2O8.2C19H28N2O4.C18H29NO5.C17H27NO5/c1-15(2)14-33-20-13-17(10-11-18(20)26(30)31)19(28)9-8-12-34-25-21(22(29)16(3)27)23(32-7)24(4,5)6;2*1-12(2)19(24-4)17(18(23)13(3)22)21-25-10-9-14-11-20-16-8-6-5-7-15(14)16;1-12(2)18(22-5)16(17(21)14(4)20)19-24-11-10-23-15-8-6-13(3)7-9-15;1-11(2)17(22-5)15(16(20)12(3)19)18-23-10-13-6-8-14(21-4)9-7-13/h10-11,13,15-16,22-23,27,29H,8-9,12,14H2,1-7H3;2*5-8,11-13,18-20,22-23H,9-10H2,1-4H3;6-9,12,14,17-18,20-21H,10-11H2,1-5H3;6-9,11-12,16-17,19-20H,10H2,1-5H3/b25-21+;21-17+;21-17-;19-16+;18-15-/t16-,22+,23-;2*13-,18+,19+;14-,17+,18+;12-,16+,17+/m11111/s1. The number of carbonyl (C=O) groups is 1. The van der Waals surface area contributed by atoms with Crippen molar-refractivity contribution in [1.29, 1.82) is 0 Å². The van der Waals surface area contributed by atoms with Gasteiger partial charge in [0, 0.05) is 101 Å². The van der Waals surface area contributed by atoms with Gasteiger partial charge in [-0.25, -0.2) is 0 Å². The van der Waals surface area contributed by atoms with Gasteiger partial charge < -0.3 is 123 Å². The molecule has 131 heavy (non-hydrogen) atoms. The van der Waals surface area contributed by atoms with Crippen LogP contribution in [0.4, 0.5) is 5.69 Å². The SMILES string of the molecule is CO[C@H](/C(=N/OCCCC(=O)c1ccc([N+](=O)[O-])c(OCC(C)C)c1)[C@@H](O)[C@@H](C)O)C(C)(C)C.CO[C@H](/C(=N/OCCOc1ccc(C)cc1)[C@@H](O)[C@@H](C)O)C(C)C.CO[C@H](/C(=N/OCCc1c[nH]c2ccccc12)[C@@H](O)[C@@H](C)O)C(C)C.CO[C@H](/C(=N\OCCc1c[nH]c2ccccc12)[C@@H](O)[C@@H](C)O)C(C)C.COc1ccc(CO/N=C(\[C@@H](OC)C(C)C)[C@@H](O)[C@@H](C)O)cc1. The Morgan fingerprint density at radius 1 is 0.435 bits per heavy atom. The van der Waals surface area contributed by atoms with Crippen molar-refractivity contribution >= 4 is 61.8 Å². The van der Waals surface area contributed by atoms with Gasteiger partial charge in [0.1, 0.15) is 134 Å². The number of aromatic amines is 2. The van der Waals surface area contributed by atoms with E-state index in [0.717, 1.165) is 50.0 Å². The second kappa shape index (κ2) is 60.5. The molecule has 0 radical (unpaired) electrons. The maximum absolute atomic E-state index is 12.6. The third-order valence-electron chi connectivity index (χ3n) is 20.4. The van der Waals surface area contributed by atoms with Crippen LogP contribution >= 0.6 is 0 Å². The Bertz CT molecular complexity index is 4400. The monoisotopic (exact) mass is 1840 g/mol. The molecule has 0 saturated carbocycles. The minimum atomic E-state index is -1.27. The number of nitro benzene ring substituents is 1. The first-order valence-electron chi connectivity index (χ1n) is 44.3. The number of fused-ring (bicyclic) bond motifs is 2. The number of hydrogen-bond acceptors (Lipinski definition) is 31. The minimum absolute atomic E-state index is 0.0648. The van der Waals surface area contributed by atoms with E-state index in [4.69, 9.17) is 62.1 Å². The van der Waals surface area contributed by atoms with Crippen LogP contribution in [-0.4, -0.2) is 274 Å². The summed E-state index contributed by atoms with van der Waals surface area (Å²) in [5.41, 5.74) is 7.62. The number of aryl methyl sites for hydroxylation is 1. The molecular formula is C97H150N8O26. The molecule has 0 unspecified atom stereocenters. The van der Waals surface area contributed by atoms with Crippen LogP contribution in [0.5, 0.6) is 17.2 Å². The number of rotatable bonds is 51. The number of H-pyrrole nitrogens is 2. The van der Waals surface area contributed by atoms with Crippen molar-refractivity contribution in [2.24, 2.45) is 60.8 Å². The predicted octanol–water partition coefficient (Wildman–Crippen LogP) is 12.9. The lowest BCUT2D eigenvalue weighted by Crippen LogP contribution is -2.46. The number of aliphatic hydroxyl groups excluding tert-OH is 10. The number of nitro groups is 1. The molecule has 0 aliphatic heterocycles. The highest BCUT2D eigenvalue weighted by Crippen LogP contribution is 2.31. The maximum atomic E-state index is 12.6. The molecule has 5 aromatic carbocycles. The Morgan fingerprint density at radius 2 is 0.809 bits per heavy atom. The van der Waals surface area contributed by atoms with Gasteiger partial charge in [-0.15, -0.1) is 0 Å². The van der Waals surface area contributed by atoms with E-state index in [1.54, 1.807) is 28.4 Å². The zero-order valence-corrected chi connectivity index (χ0v) is 81.1. The third kappa shape index (κ3) is 39.6. The summed E-state index contributed by atoms with van der Waals surface area (Å²) in [7, 11) is 9.29. The summed E-state index contributed by atoms with van der Waals surface area (Å²) in [6.07, 6.45) is -7.25. The Balaban J connectivity index is 0.000000425. The second-order valence-corrected chi connectivity index (χ2v) is 34.6. The summed E-state index contributed by atoms with van der Waals surface area (Å²) < 4.78 is 43.2. The predicted molar refractivity (Wildman–Crippen MR) is 508 cm³/mol. The molecule has 0 fully saturated rings. The molecule has 7 rings (SSSR count). The number of methoxy groups -OCH3 is 6. The lowest BCUT2D eigenvalue weighted by atomic mass is 9.83. The summed E-state index contributed by atoms with van der Waals surface area (Å²) in [5, 5.41) is 133. The molecule has 34 nitrogen and oxygen atoms in total. The van der Waals surface area contributed by atoms with Crippen LogP contribution in [0.15, 0.2) is 153 Å². The number of ether oxygens (including phenoxy) is 8. The molecular weight excluding hydrogens is 1690 g/mol. The highest BCUT2D eigenvalue weighted by molar-refractivity contribution is 5.97. The first-order valence-corrected chi connectivity index (χ1v) is 44.3. The number of aromatic nitrogens is 2. The molecule has 734 valence electrons. The molecule has 12 N–H and O–H groups in total. The summed E-state index contributed by atoms with van der Waals surface area (Å²) in [4.78, 5) is 56.6. The first kappa shape index (κ1) is 116. The number of nitrogens with zero attached hydrogens (tertiary/aromatic N) is 6. The number of nitrogens with one attached hydrogen (secondary N) is 2. The Kier molecular flexibility index (Phi) is 53.4. The van der Waals surface area contributed by atoms with Gasteiger partial charge in [-0.1, -0.05) is 182 Å². The van der Waals surface area contributed by atoms with E-state index in [1.165, 1.54) is 72.6 Å². The van der Waals surface area contributed by atoms with Crippen LogP contribution in [0.2, 0.25) is 0 Å². The van der Waals surface area contributed by atoms with Crippen molar-refractivity contribution in [3.8, 4) is 17.2 Å². The van der Waals surface area contributed by atoms with E-state index in [2.05, 4.69) is 47.9 Å². The Hall–Kier alpha value is -9.60. The molecule has 15 atom stereocenters. The van der Waals surface area contributed by atoms with E-state index >= 15 is 0 Å². The fraction of sp³-hybridized carbons (Fsp3) is 0.588. The fourth-order valence-electron chi connectivity index (χ4n) is 13.3. The van der Waals surface area contributed by atoms with Crippen molar-refractivity contribution in [2.45, 2.75) is 255 Å². The van der Waals surface area contributed by atoms with E-state index in [-0.39, 0.29) is 90.2 Å². The molecule has 7 aromatic rings. The average molecular weight is 1840 g/mol. The molecule has 2 aromatic heterocycles. The molecule has 0 bridgehead atoms. The first-order chi connectivity index (χ1) is 62.0. The van der Waals surface area contributed by atoms with Crippen molar-refractivity contribution in [2.75, 3.05) is 82.3 Å². The van der Waals surface area contributed by atoms with Gasteiger partial charge in [0.15, 0.2) is 18.1 Å². The van der Waals surface area contributed by atoms with Gasteiger partial charge in [-0.3, -0.25) is 14.9 Å². The van der Waals surface area contributed by atoms with Crippen LogP contribution in [0.1, 0.15) is 170 Å². The summed E-state index contributed by atoms with van der Waals surface area (Å²) >= 11 is 0. The normalized spacial score (nSPS) is 15.8. The smallest absolute Gasteiger partial charge is 0.310 e. The zero-order valence-electron chi connectivity index (χ0n) is 81.1. The van der Waals surface area contributed by atoms with Crippen LogP contribution in [0.3, 0.4) is 0 Å². The van der Waals surface area contributed by atoms with Gasteiger partial charge >= 0.3 is 5.69 Å². The number of hydrogen-bond donors (Lipinski definition) is 12. The molecule has 0 saturated heterocycles. The van der Waals surface area contributed by atoms with Gasteiger partial charge in [0.2, 0.25) is 0 Å². The number of carbonyl (C=O) groups excluding carboxylic acids is 1. The quantitative estimate of drug-likeness (QED) is 0.00554. The van der Waals surface area contributed by atoms with E-state index in [9.17, 15) is 66.0 Å². The topological polar surface area (TPSA) is 476 Å². The maximum Gasteiger partial charge on any atom is 0.310 e. The number of ketones is 1. The number of oxime groups is 5. The minimum Gasteiger partial charge on any atom is -0.497 e. The van der Waals surface area contributed by atoms with Crippen LogP contribution in [-0.2, 0) is 67.3 Å². The third-order valence-corrected chi connectivity index (χ3v) is 20.4. The highest BCUT2D eigenvalue weighted by Gasteiger charge is 2.37. The van der Waals surface area contributed by atoms with Crippen molar-refractivity contribution in [3.63, 3.8) is 0 Å². The van der Waals surface area contributed by atoms with Gasteiger partial charge in [-0.2, -0.15) is 0 Å². The number of para-hydroxylation sites is 2. The molecule has 0 amide bonds. The van der Waals surface area contributed by atoms with E-state index in [1.807, 2.05) is 194 Å². The van der Waals surface area contributed by atoms with Crippen molar-refractivity contribution in [3.05, 3.63) is 166 Å². The van der Waals surface area contributed by atoms with Gasteiger partial charge in [-0.05, 0) is 148 Å². The number of benzene rings is 5. The second-order valence-electron chi connectivity index (χ2n) is 34.6. The lowest BCUT2D eigenvalue weighted by molar-refractivity contribution is -0.385. The van der Waals surface area contributed by atoms with Crippen LogP contribution in [0.25, 0.3) is 21.8 Å². The average Bonchev–Trinajstić information content (AvgIpc) is 1.57. The Morgan fingerprint density at radius 3 is 1.18 bits per heavy atom. The van der Waals surface area contributed by atoms with Crippen molar-refractivity contribution in [1.82, 2.24) is 9.97 Å². The zero-order chi connectivity index (χ0) is 98.4. The Labute approximate surface area is 772 Å². The summed E-state index contributed by atoms with van der Waals surface area (Å²) in [6.45, 7) is 36.6. The largest absolute Gasteiger partial charge is 0.497 e. The number of aliphatic hydroxyl groups is 10. The molecule has 34 heteroatoms. The number of Topliss-reactive ketones (excluding diaryl/α,β-unsaturated/α-hetero) is 1. The fourth-order valence-corrected chi connectivity index (χ4v) is 13.3. The lowest BCUT2D eigenvalue weighted by Gasteiger charge is -2.32. The van der Waals surface area contributed by atoms with Crippen LogP contribution in [0, 0.1) is 52.0 Å². The molecule has 2 heterocycles. The van der Waals surface area contributed by atoms with E-state index < -0.39 is 102 Å². The highest BCUT2D eigenvalue weighted by atomic mass is 16.7. The molecule has 0 aliphatic carbocycles. The van der Waals surface area contributed by atoms with E-state index in [0.29, 0.717) is 62.7 Å². The molecule has 0 aliphatic rings. The van der Waals surface area contributed by atoms with Crippen LogP contribution < -0.4 is 14.2 Å². The summed E-state index contributed by atoms with van der Waals surface area (Å²) in [5.74, 6) is 1.89. The van der Waals surface area contributed by atoms with Gasteiger partial charge in [0.25, 0.3) is 0 Å². The summed E-state index contributed by atoms with van der Waals surface area (Å²) in [6, 6.07) is 35.4.